The lowest BCUT2D eigenvalue weighted by atomic mass is 9.74. The molecule has 0 spiro atoms. The second-order valence-electron chi connectivity index (χ2n) is 5.83. The summed E-state index contributed by atoms with van der Waals surface area (Å²) < 4.78 is 5.29. The number of phenolic OH excluding ortho intramolecular Hbond substituents is 1. The molecule has 1 saturated carbocycles. The maximum absolute atomic E-state index is 12.3. The fraction of sp³-hybridized carbons (Fsp3) is 0.588. The molecule has 1 aliphatic rings. The monoisotopic (exact) mass is 291 g/mol. The summed E-state index contributed by atoms with van der Waals surface area (Å²) in [6, 6.07) is 7.14. The molecule has 0 saturated heterocycles. The maximum Gasteiger partial charge on any atom is 0.313 e. The standard InChI is InChI=1S/C17H25NO3/c1-2-21-16(20)17(10-4-3-5-11-17)13-18-12-14-6-8-15(19)9-7-14/h6-9,18-19H,2-5,10-13H2,1H3. The van der Waals surface area contributed by atoms with Gasteiger partial charge in [-0.1, -0.05) is 31.4 Å². The smallest absolute Gasteiger partial charge is 0.313 e. The quantitative estimate of drug-likeness (QED) is 0.791. The minimum atomic E-state index is -0.356. The van der Waals surface area contributed by atoms with Crippen LogP contribution in [0.25, 0.3) is 0 Å². The van der Waals surface area contributed by atoms with Gasteiger partial charge in [0.1, 0.15) is 5.75 Å². The van der Waals surface area contributed by atoms with E-state index in [1.807, 2.05) is 19.1 Å². The van der Waals surface area contributed by atoms with Crippen LogP contribution in [0, 0.1) is 5.41 Å². The molecule has 0 radical (unpaired) electrons. The number of rotatable bonds is 6. The first-order valence-corrected chi connectivity index (χ1v) is 7.82. The van der Waals surface area contributed by atoms with Gasteiger partial charge in [-0.25, -0.2) is 0 Å². The first kappa shape index (κ1) is 15.8. The van der Waals surface area contributed by atoms with Crippen molar-refractivity contribution >= 4 is 5.97 Å². The van der Waals surface area contributed by atoms with Crippen molar-refractivity contribution in [1.29, 1.82) is 0 Å². The van der Waals surface area contributed by atoms with E-state index in [1.165, 1.54) is 6.42 Å². The Morgan fingerprint density at radius 1 is 1.24 bits per heavy atom. The van der Waals surface area contributed by atoms with Crippen molar-refractivity contribution in [2.24, 2.45) is 5.41 Å². The van der Waals surface area contributed by atoms with E-state index in [9.17, 15) is 9.90 Å². The Balaban J connectivity index is 1.92. The molecule has 0 bridgehead atoms. The molecular weight excluding hydrogens is 266 g/mol. The predicted molar refractivity (Wildman–Crippen MR) is 82.0 cm³/mol. The Kier molecular flexibility index (Phi) is 5.62. The topological polar surface area (TPSA) is 58.6 Å². The van der Waals surface area contributed by atoms with E-state index >= 15 is 0 Å². The second kappa shape index (κ2) is 7.46. The molecule has 1 aromatic carbocycles. The zero-order valence-electron chi connectivity index (χ0n) is 12.7. The molecule has 116 valence electrons. The van der Waals surface area contributed by atoms with E-state index < -0.39 is 0 Å². The van der Waals surface area contributed by atoms with Gasteiger partial charge in [0, 0.05) is 13.1 Å². The number of carbonyl (C=O) groups excluding carboxylic acids is 1. The van der Waals surface area contributed by atoms with Crippen LogP contribution in [0.2, 0.25) is 0 Å². The van der Waals surface area contributed by atoms with Crippen LogP contribution in [0.15, 0.2) is 24.3 Å². The van der Waals surface area contributed by atoms with Crippen molar-refractivity contribution in [2.45, 2.75) is 45.6 Å². The Hall–Kier alpha value is -1.55. The molecule has 2 N–H and O–H groups in total. The van der Waals surface area contributed by atoms with Gasteiger partial charge in [-0.05, 0) is 37.5 Å². The molecule has 1 aliphatic carbocycles. The molecule has 4 nitrogen and oxygen atoms in total. The van der Waals surface area contributed by atoms with Crippen molar-refractivity contribution < 1.29 is 14.6 Å². The number of ether oxygens (including phenoxy) is 1. The third-order valence-electron chi connectivity index (χ3n) is 4.25. The molecule has 2 rings (SSSR count). The van der Waals surface area contributed by atoms with Crippen molar-refractivity contribution in [3.05, 3.63) is 29.8 Å². The highest BCUT2D eigenvalue weighted by atomic mass is 16.5. The molecule has 0 aliphatic heterocycles. The molecule has 21 heavy (non-hydrogen) atoms. The molecule has 0 atom stereocenters. The van der Waals surface area contributed by atoms with Gasteiger partial charge in [0.15, 0.2) is 0 Å². The van der Waals surface area contributed by atoms with E-state index in [0.717, 1.165) is 31.2 Å². The summed E-state index contributed by atoms with van der Waals surface area (Å²) in [4.78, 5) is 12.3. The molecule has 1 aromatic rings. The normalized spacial score (nSPS) is 17.4. The van der Waals surface area contributed by atoms with E-state index in [4.69, 9.17) is 4.74 Å². The number of hydrogen-bond donors (Lipinski definition) is 2. The minimum absolute atomic E-state index is 0.0529. The van der Waals surface area contributed by atoms with Crippen molar-refractivity contribution in [2.75, 3.05) is 13.2 Å². The van der Waals surface area contributed by atoms with Gasteiger partial charge >= 0.3 is 5.97 Å². The fourth-order valence-corrected chi connectivity index (χ4v) is 3.03. The molecule has 4 heteroatoms. The molecule has 0 heterocycles. The van der Waals surface area contributed by atoms with Gasteiger partial charge in [-0.15, -0.1) is 0 Å². The highest BCUT2D eigenvalue weighted by Crippen LogP contribution is 2.37. The molecule has 0 amide bonds. The Labute approximate surface area is 126 Å². The highest BCUT2D eigenvalue weighted by molar-refractivity contribution is 5.77. The molecular formula is C17H25NO3. The Bertz CT molecular complexity index is 450. The molecule has 1 fully saturated rings. The third kappa shape index (κ3) is 4.21. The van der Waals surface area contributed by atoms with E-state index in [0.29, 0.717) is 19.7 Å². The first-order chi connectivity index (χ1) is 10.2. The van der Waals surface area contributed by atoms with Crippen LogP contribution in [0.4, 0.5) is 0 Å². The summed E-state index contributed by atoms with van der Waals surface area (Å²) >= 11 is 0. The van der Waals surface area contributed by atoms with Crippen LogP contribution >= 0.6 is 0 Å². The van der Waals surface area contributed by atoms with Gasteiger partial charge in [0.05, 0.1) is 12.0 Å². The lowest BCUT2D eigenvalue weighted by Crippen LogP contribution is -2.43. The Morgan fingerprint density at radius 2 is 1.90 bits per heavy atom. The van der Waals surface area contributed by atoms with Crippen LogP contribution in [0.3, 0.4) is 0 Å². The van der Waals surface area contributed by atoms with Crippen molar-refractivity contribution in [1.82, 2.24) is 5.32 Å². The van der Waals surface area contributed by atoms with Crippen LogP contribution in [-0.4, -0.2) is 24.2 Å². The Morgan fingerprint density at radius 3 is 2.52 bits per heavy atom. The lowest BCUT2D eigenvalue weighted by molar-refractivity contribution is -0.157. The van der Waals surface area contributed by atoms with Crippen molar-refractivity contribution in [3.8, 4) is 5.75 Å². The summed E-state index contributed by atoms with van der Waals surface area (Å²) in [6.45, 7) is 3.66. The zero-order valence-corrected chi connectivity index (χ0v) is 12.7. The van der Waals surface area contributed by atoms with Gasteiger partial charge in [-0.3, -0.25) is 4.79 Å². The lowest BCUT2D eigenvalue weighted by Gasteiger charge is -2.35. The van der Waals surface area contributed by atoms with Crippen LogP contribution in [0.1, 0.15) is 44.6 Å². The van der Waals surface area contributed by atoms with Gasteiger partial charge in [0.2, 0.25) is 0 Å². The number of aromatic hydroxyl groups is 1. The number of nitrogens with one attached hydrogen (secondary N) is 1. The largest absolute Gasteiger partial charge is 0.508 e. The van der Waals surface area contributed by atoms with E-state index in [1.54, 1.807) is 12.1 Å². The summed E-state index contributed by atoms with van der Waals surface area (Å²) in [6.07, 6.45) is 5.22. The number of phenols is 1. The van der Waals surface area contributed by atoms with Crippen LogP contribution < -0.4 is 5.32 Å². The summed E-state index contributed by atoms with van der Waals surface area (Å²) in [5.74, 6) is 0.219. The SMILES string of the molecule is CCOC(=O)C1(CNCc2ccc(O)cc2)CCCCC1. The first-order valence-electron chi connectivity index (χ1n) is 7.82. The van der Waals surface area contributed by atoms with Crippen molar-refractivity contribution in [3.63, 3.8) is 0 Å². The summed E-state index contributed by atoms with van der Waals surface area (Å²) in [7, 11) is 0. The number of esters is 1. The van der Waals surface area contributed by atoms with Crippen LogP contribution in [0.5, 0.6) is 5.75 Å². The van der Waals surface area contributed by atoms with E-state index in [2.05, 4.69) is 5.32 Å². The number of carbonyl (C=O) groups is 1. The second-order valence-corrected chi connectivity index (χ2v) is 5.83. The molecule has 0 unspecified atom stereocenters. The predicted octanol–water partition coefficient (Wildman–Crippen LogP) is 3.00. The number of benzene rings is 1. The average Bonchev–Trinajstić information content (AvgIpc) is 2.50. The zero-order chi connectivity index (χ0) is 15.1. The average molecular weight is 291 g/mol. The maximum atomic E-state index is 12.3. The molecule has 0 aromatic heterocycles. The van der Waals surface area contributed by atoms with Gasteiger partial charge in [0.25, 0.3) is 0 Å². The number of hydrogen-bond acceptors (Lipinski definition) is 4. The summed E-state index contributed by atoms with van der Waals surface area (Å²) in [5, 5.41) is 12.7. The third-order valence-corrected chi connectivity index (χ3v) is 4.25. The fourth-order valence-electron chi connectivity index (χ4n) is 3.03. The van der Waals surface area contributed by atoms with E-state index in [-0.39, 0.29) is 17.1 Å². The minimum Gasteiger partial charge on any atom is -0.508 e. The van der Waals surface area contributed by atoms with Gasteiger partial charge in [-0.2, -0.15) is 0 Å². The highest BCUT2D eigenvalue weighted by Gasteiger charge is 2.40. The summed E-state index contributed by atoms with van der Waals surface area (Å²) in [5.41, 5.74) is 0.744. The van der Waals surface area contributed by atoms with Gasteiger partial charge < -0.3 is 15.2 Å². The van der Waals surface area contributed by atoms with Crippen LogP contribution in [-0.2, 0) is 16.1 Å².